The summed E-state index contributed by atoms with van der Waals surface area (Å²) in [7, 11) is 0. The predicted octanol–water partition coefficient (Wildman–Crippen LogP) is 3.51. The lowest BCUT2D eigenvalue weighted by Crippen LogP contribution is -2.39. The van der Waals surface area contributed by atoms with Crippen LogP contribution in [0.5, 0.6) is 0 Å². The number of rotatable bonds is 5. The van der Waals surface area contributed by atoms with E-state index in [4.69, 9.17) is 0 Å². The van der Waals surface area contributed by atoms with E-state index in [0.29, 0.717) is 6.04 Å². The molecule has 0 radical (unpaired) electrons. The van der Waals surface area contributed by atoms with E-state index in [1.807, 2.05) is 18.2 Å². The standard InChI is InChI=1S/C23H29N5/c1-2-8-18(9-3-1)15-27-16-19-10-4-5-11-21(20(19)17-27)24-14-23-26-25-22-12-6-7-13-28(22)23/h1-3,6-9,12-13,19-21,24H,4-5,10-11,14-17H2. The molecule has 28 heavy (non-hydrogen) atoms. The van der Waals surface area contributed by atoms with Gasteiger partial charge < -0.3 is 5.32 Å². The van der Waals surface area contributed by atoms with Crippen molar-refractivity contribution in [2.45, 2.75) is 44.8 Å². The molecule has 2 aromatic heterocycles. The molecule has 3 unspecified atom stereocenters. The number of nitrogens with one attached hydrogen (secondary N) is 1. The molecular weight excluding hydrogens is 346 g/mol. The van der Waals surface area contributed by atoms with Crippen LogP contribution in [-0.4, -0.2) is 38.6 Å². The highest BCUT2D eigenvalue weighted by atomic mass is 15.3. The molecule has 0 amide bonds. The van der Waals surface area contributed by atoms with Crippen molar-refractivity contribution in [1.29, 1.82) is 0 Å². The molecule has 1 N–H and O–H groups in total. The van der Waals surface area contributed by atoms with Crippen LogP contribution < -0.4 is 5.32 Å². The minimum Gasteiger partial charge on any atom is -0.307 e. The zero-order valence-corrected chi connectivity index (χ0v) is 16.4. The molecule has 0 spiro atoms. The third-order valence-corrected chi connectivity index (χ3v) is 6.58. The Morgan fingerprint density at radius 3 is 2.71 bits per heavy atom. The van der Waals surface area contributed by atoms with Gasteiger partial charge in [-0.05, 0) is 42.4 Å². The molecule has 3 aromatic rings. The highest BCUT2D eigenvalue weighted by Gasteiger charge is 2.38. The van der Waals surface area contributed by atoms with Gasteiger partial charge in [0.05, 0.1) is 6.54 Å². The Hall–Kier alpha value is -2.24. The van der Waals surface area contributed by atoms with E-state index in [9.17, 15) is 0 Å². The van der Waals surface area contributed by atoms with Crippen molar-refractivity contribution in [3.63, 3.8) is 0 Å². The van der Waals surface area contributed by atoms with E-state index < -0.39 is 0 Å². The number of hydrogen-bond donors (Lipinski definition) is 1. The van der Waals surface area contributed by atoms with Crippen molar-refractivity contribution in [3.8, 4) is 0 Å². The Morgan fingerprint density at radius 2 is 1.79 bits per heavy atom. The number of nitrogens with zero attached hydrogens (tertiary/aromatic N) is 4. The molecule has 5 rings (SSSR count). The van der Waals surface area contributed by atoms with Crippen LogP contribution in [0.1, 0.15) is 37.1 Å². The monoisotopic (exact) mass is 375 g/mol. The normalized spacial score (nSPS) is 25.6. The van der Waals surface area contributed by atoms with Crippen LogP contribution in [0.15, 0.2) is 54.7 Å². The van der Waals surface area contributed by atoms with Gasteiger partial charge in [-0.2, -0.15) is 0 Å². The van der Waals surface area contributed by atoms with Crippen molar-refractivity contribution < 1.29 is 0 Å². The smallest absolute Gasteiger partial charge is 0.160 e. The predicted molar refractivity (Wildman–Crippen MR) is 111 cm³/mol. The van der Waals surface area contributed by atoms with Crippen LogP contribution in [-0.2, 0) is 13.1 Å². The van der Waals surface area contributed by atoms with E-state index in [1.165, 1.54) is 44.3 Å². The minimum atomic E-state index is 0.573. The summed E-state index contributed by atoms with van der Waals surface area (Å²) >= 11 is 0. The lowest BCUT2D eigenvalue weighted by Gasteiger charge is -2.26. The van der Waals surface area contributed by atoms with E-state index in [2.05, 4.69) is 61.3 Å². The SMILES string of the molecule is c1ccc(CN2CC3CCCCC(NCc4nnc5ccccn45)C3C2)cc1. The molecule has 3 atom stereocenters. The first-order valence-electron chi connectivity index (χ1n) is 10.6. The number of hydrogen-bond acceptors (Lipinski definition) is 4. The molecule has 1 saturated carbocycles. The molecule has 5 heteroatoms. The van der Waals surface area contributed by atoms with Crippen molar-refractivity contribution in [1.82, 2.24) is 24.8 Å². The Morgan fingerprint density at radius 1 is 0.929 bits per heavy atom. The van der Waals surface area contributed by atoms with Crippen molar-refractivity contribution in [2.24, 2.45) is 11.8 Å². The maximum Gasteiger partial charge on any atom is 0.160 e. The first-order chi connectivity index (χ1) is 13.9. The van der Waals surface area contributed by atoms with Gasteiger partial charge in [-0.25, -0.2) is 0 Å². The lowest BCUT2D eigenvalue weighted by molar-refractivity contribution is 0.280. The Kier molecular flexibility index (Phi) is 5.10. The zero-order valence-electron chi connectivity index (χ0n) is 16.4. The third-order valence-electron chi connectivity index (χ3n) is 6.58. The first-order valence-corrected chi connectivity index (χ1v) is 10.6. The fourth-order valence-corrected chi connectivity index (χ4v) is 5.19. The van der Waals surface area contributed by atoms with E-state index >= 15 is 0 Å². The molecule has 146 valence electrons. The number of pyridine rings is 1. The highest BCUT2D eigenvalue weighted by Crippen LogP contribution is 2.36. The first kappa shape index (κ1) is 17.8. The van der Waals surface area contributed by atoms with E-state index in [-0.39, 0.29) is 0 Å². The summed E-state index contributed by atoms with van der Waals surface area (Å²) in [6.07, 6.45) is 7.41. The lowest BCUT2D eigenvalue weighted by atomic mass is 9.88. The molecule has 1 aliphatic carbocycles. The summed E-state index contributed by atoms with van der Waals surface area (Å²) in [5.74, 6) is 2.57. The van der Waals surface area contributed by atoms with Crippen molar-refractivity contribution >= 4 is 5.65 Å². The van der Waals surface area contributed by atoms with Crippen LogP contribution in [0.25, 0.3) is 5.65 Å². The maximum absolute atomic E-state index is 4.40. The van der Waals surface area contributed by atoms with Gasteiger partial charge in [-0.15, -0.1) is 10.2 Å². The van der Waals surface area contributed by atoms with E-state index in [1.54, 1.807) is 0 Å². The molecule has 3 heterocycles. The molecule has 5 nitrogen and oxygen atoms in total. The largest absolute Gasteiger partial charge is 0.307 e. The Bertz CT molecular complexity index is 906. The van der Waals surface area contributed by atoms with Crippen LogP contribution in [0.3, 0.4) is 0 Å². The molecule has 1 aliphatic heterocycles. The van der Waals surface area contributed by atoms with E-state index in [0.717, 1.165) is 36.4 Å². The van der Waals surface area contributed by atoms with Crippen LogP contribution in [0.4, 0.5) is 0 Å². The van der Waals surface area contributed by atoms with Gasteiger partial charge in [0.1, 0.15) is 0 Å². The highest BCUT2D eigenvalue weighted by molar-refractivity contribution is 5.36. The average molecular weight is 376 g/mol. The van der Waals surface area contributed by atoms with Crippen LogP contribution in [0, 0.1) is 11.8 Å². The second kappa shape index (κ2) is 8.02. The summed E-state index contributed by atoms with van der Waals surface area (Å²) < 4.78 is 2.09. The summed E-state index contributed by atoms with van der Waals surface area (Å²) in [6, 6.07) is 17.5. The molecule has 0 bridgehead atoms. The Balaban J connectivity index is 1.26. The quantitative estimate of drug-likeness (QED) is 0.741. The van der Waals surface area contributed by atoms with Gasteiger partial charge in [0, 0.05) is 31.9 Å². The van der Waals surface area contributed by atoms with Gasteiger partial charge in [-0.3, -0.25) is 9.30 Å². The summed E-state index contributed by atoms with van der Waals surface area (Å²) in [4.78, 5) is 2.66. The van der Waals surface area contributed by atoms with Gasteiger partial charge >= 0.3 is 0 Å². The van der Waals surface area contributed by atoms with Crippen LogP contribution >= 0.6 is 0 Å². The summed E-state index contributed by atoms with van der Waals surface area (Å²) in [5, 5.41) is 12.6. The Labute approximate surface area is 166 Å². The number of aromatic nitrogens is 3. The molecule has 2 fully saturated rings. The summed E-state index contributed by atoms with van der Waals surface area (Å²) in [5.41, 5.74) is 2.35. The molecule has 1 aromatic carbocycles. The number of likely N-dealkylation sites (tertiary alicyclic amines) is 1. The topological polar surface area (TPSA) is 45.5 Å². The van der Waals surface area contributed by atoms with Crippen molar-refractivity contribution in [3.05, 3.63) is 66.1 Å². The number of fused-ring (bicyclic) bond motifs is 2. The molecule has 1 saturated heterocycles. The van der Waals surface area contributed by atoms with Crippen LogP contribution in [0.2, 0.25) is 0 Å². The maximum atomic E-state index is 4.40. The summed E-state index contributed by atoms with van der Waals surface area (Å²) in [6.45, 7) is 4.32. The van der Waals surface area contributed by atoms with Gasteiger partial charge in [-0.1, -0.05) is 49.2 Å². The molecular formula is C23H29N5. The number of benzene rings is 1. The zero-order chi connectivity index (χ0) is 18.8. The van der Waals surface area contributed by atoms with Gasteiger partial charge in [0.15, 0.2) is 11.5 Å². The third kappa shape index (κ3) is 3.69. The van der Waals surface area contributed by atoms with Crippen molar-refractivity contribution in [2.75, 3.05) is 13.1 Å². The second-order valence-electron chi connectivity index (χ2n) is 8.42. The average Bonchev–Trinajstić information content (AvgIpc) is 3.27. The fourth-order valence-electron chi connectivity index (χ4n) is 5.19. The minimum absolute atomic E-state index is 0.573. The molecule has 2 aliphatic rings. The fraction of sp³-hybridized carbons (Fsp3) is 0.478. The van der Waals surface area contributed by atoms with Gasteiger partial charge in [0.2, 0.25) is 0 Å². The second-order valence-corrected chi connectivity index (χ2v) is 8.42. The van der Waals surface area contributed by atoms with Gasteiger partial charge in [0.25, 0.3) is 0 Å².